The number of anilines is 1. The number of hydrogen-bond donors (Lipinski definition) is 1. The Labute approximate surface area is 177 Å². The van der Waals surface area contributed by atoms with Crippen LogP contribution in [0.3, 0.4) is 0 Å². The zero-order valence-electron chi connectivity index (χ0n) is 17.6. The van der Waals surface area contributed by atoms with Crippen LogP contribution in [-0.4, -0.2) is 34.8 Å². The van der Waals surface area contributed by atoms with E-state index in [0.29, 0.717) is 28.9 Å². The molecular formula is C23H31N3O2S. The van der Waals surface area contributed by atoms with Crippen LogP contribution in [0.2, 0.25) is 0 Å². The fraction of sp³-hybridized carbons (Fsp3) is 0.696. The van der Waals surface area contributed by atoms with Crippen LogP contribution in [0.1, 0.15) is 52.4 Å². The molecule has 3 saturated carbocycles. The van der Waals surface area contributed by atoms with Crippen molar-refractivity contribution in [3.63, 3.8) is 0 Å². The summed E-state index contributed by atoms with van der Waals surface area (Å²) >= 11 is 1.49. The molecule has 0 radical (unpaired) electrons. The molecule has 1 N–H and O–H groups in total. The minimum absolute atomic E-state index is 0.0636. The third-order valence-electron chi connectivity index (χ3n) is 9.11. The number of nitrogens with zero attached hydrogens (tertiary/aromatic N) is 2. The Hall–Kier alpha value is -1.69. The summed E-state index contributed by atoms with van der Waals surface area (Å²) in [6.07, 6.45) is 12.4. The molecule has 0 aromatic carbocycles. The summed E-state index contributed by atoms with van der Waals surface area (Å²) in [6, 6.07) is 0.316. The first-order valence-electron chi connectivity index (χ1n) is 11.0. The van der Waals surface area contributed by atoms with Gasteiger partial charge >= 0.3 is 0 Å². The van der Waals surface area contributed by atoms with Gasteiger partial charge in [-0.3, -0.25) is 9.59 Å². The Morgan fingerprint density at radius 3 is 2.79 bits per heavy atom. The lowest BCUT2D eigenvalue weighted by Gasteiger charge is -2.60. The normalized spacial score (nSPS) is 43.5. The van der Waals surface area contributed by atoms with Gasteiger partial charge in [-0.25, -0.2) is 4.98 Å². The van der Waals surface area contributed by atoms with Gasteiger partial charge in [0, 0.05) is 36.0 Å². The summed E-state index contributed by atoms with van der Waals surface area (Å²) in [5.41, 5.74) is 0.139. The number of thiazole rings is 1. The van der Waals surface area contributed by atoms with Crippen LogP contribution >= 0.6 is 11.3 Å². The number of nitrogens with one attached hydrogen (secondary N) is 1. The highest BCUT2D eigenvalue weighted by Crippen LogP contribution is 2.65. The lowest BCUT2D eigenvalue weighted by atomic mass is 9.47. The summed E-state index contributed by atoms with van der Waals surface area (Å²) < 4.78 is 0. The van der Waals surface area contributed by atoms with E-state index in [2.05, 4.69) is 30.2 Å². The van der Waals surface area contributed by atoms with E-state index in [1.165, 1.54) is 17.8 Å². The molecule has 1 aromatic heterocycles. The molecule has 2 heterocycles. The molecule has 0 saturated heterocycles. The quantitative estimate of drug-likeness (QED) is 0.785. The van der Waals surface area contributed by atoms with Crippen LogP contribution in [0.5, 0.6) is 0 Å². The van der Waals surface area contributed by atoms with Gasteiger partial charge in [0.25, 0.3) is 0 Å². The van der Waals surface area contributed by atoms with Crippen molar-refractivity contribution in [3.8, 4) is 0 Å². The predicted molar refractivity (Wildman–Crippen MR) is 114 cm³/mol. The van der Waals surface area contributed by atoms with Gasteiger partial charge in [0.2, 0.25) is 11.8 Å². The number of fused-ring (bicyclic) bond motifs is 5. The van der Waals surface area contributed by atoms with Crippen molar-refractivity contribution in [3.05, 3.63) is 23.7 Å². The van der Waals surface area contributed by atoms with Crippen LogP contribution in [-0.2, 0) is 9.59 Å². The Kier molecular flexibility index (Phi) is 4.43. The maximum absolute atomic E-state index is 13.1. The number of amides is 2. The Bertz CT molecular complexity index is 852. The van der Waals surface area contributed by atoms with E-state index in [-0.39, 0.29) is 28.6 Å². The minimum Gasteiger partial charge on any atom is -0.338 e. The van der Waals surface area contributed by atoms with Crippen LogP contribution in [0.25, 0.3) is 0 Å². The largest absolute Gasteiger partial charge is 0.338 e. The average Bonchev–Trinajstić information content (AvgIpc) is 3.32. The number of rotatable bonds is 2. The molecule has 29 heavy (non-hydrogen) atoms. The van der Waals surface area contributed by atoms with Crippen LogP contribution in [0.4, 0.5) is 5.13 Å². The first kappa shape index (κ1) is 19.3. The molecule has 0 spiro atoms. The zero-order valence-corrected chi connectivity index (χ0v) is 18.4. The highest BCUT2D eigenvalue weighted by molar-refractivity contribution is 7.13. The minimum atomic E-state index is 0.0636. The lowest BCUT2D eigenvalue weighted by molar-refractivity contribution is -0.141. The third-order valence-corrected chi connectivity index (χ3v) is 9.80. The van der Waals surface area contributed by atoms with Crippen LogP contribution in [0, 0.1) is 34.5 Å². The molecule has 6 heteroatoms. The van der Waals surface area contributed by atoms with Crippen molar-refractivity contribution < 1.29 is 9.59 Å². The molecule has 5 rings (SSSR count). The molecule has 5 nitrogen and oxygen atoms in total. The summed E-state index contributed by atoms with van der Waals surface area (Å²) in [5, 5.41) is 5.68. The van der Waals surface area contributed by atoms with Crippen molar-refractivity contribution in [2.24, 2.45) is 34.5 Å². The molecule has 4 aliphatic rings. The summed E-state index contributed by atoms with van der Waals surface area (Å²) in [4.78, 5) is 31.5. The second-order valence-corrected chi connectivity index (χ2v) is 11.0. The first-order chi connectivity index (χ1) is 13.8. The molecule has 3 fully saturated rings. The molecule has 0 bridgehead atoms. The highest BCUT2D eigenvalue weighted by atomic mass is 32.1. The van der Waals surface area contributed by atoms with E-state index < -0.39 is 0 Å². The number of hydrogen-bond acceptors (Lipinski definition) is 4. The fourth-order valence-electron chi connectivity index (χ4n) is 7.65. The highest BCUT2D eigenvalue weighted by Gasteiger charge is 2.61. The predicted octanol–water partition coefficient (Wildman–Crippen LogP) is 4.34. The lowest BCUT2D eigenvalue weighted by Crippen LogP contribution is -2.59. The van der Waals surface area contributed by atoms with Gasteiger partial charge < -0.3 is 10.2 Å². The average molecular weight is 414 g/mol. The molecule has 1 aliphatic heterocycles. The molecule has 156 valence electrons. The molecule has 1 aromatic rings. The summed E-state index contributed by atoms with van der Waals surface area (Å²) in [7, 11) is 1.97. The molecule has 2 amide bonds. The van der Waals surface area contributed by atoms with Gasteiger partial charge in [-0.05, 0) is 67.8 Å². The molecule has 7 atom stereocenters. The van der Waals surface area contributed by atoms with E-state index in [0.717, 1.165) is 32.1 Å². The Morgan fingerprint density at radius 2 is 2.03 bits per heavy atom. The van der Waals surface area contributed by atoms with Crippen molar-refractivity contribution in [2.45, 2.75) is 58.4 Å². The second-order valence-electron chi connectivity index (χ2n) is 10.1. The molecular weight excluding hydrogens is 382 g/mol. The fourth-order valence-corrected chi connectivity index (χ4v) is 8.18. The number of aromatic nitrogens is 1. The van der Waals surface area contributed by atoms with Crippen molar-refractivity contribution in [1.82, 2.24) is 9.88 Å². The topological polar surface area (TPSA) is 62.3 Å². The van der Waals surface area contributed by atoms with Crippen molar-refractivity contribution in [1.29, 1.82) is 0 Å². The maximum atomic E-state index is 13.1. The van der Waals surface area contributed by atoms with E-state index >= 15 is 0 Å². The molecule has 2 unspecified atom stereocenters. The van der Waals surface area contributed by atoms with Gasteiger partial charge in [0.15, 0.2) is 5.13 Å². The molecule has 3 aliphatic carbocycles. The number of carbonyl (C=O) groups excluding carboxylic acids is 2. The van der Waals surface area contributed by atoms with Gasteiger partial charge in [0.1, 0.15) is 0 Å². The van der Waals surface area contributed by atoms with Crippen LogP contribution in [0.15, 0.2) is 23.7 Å². The smallest absolute Gasteiger partial charge is 0.246 e. The monoisotopic (exact) mass is 413 g/mol. The van der Waals surface area contributed by atoms with Crippen molar-refractivity contribution in [2.75, 3.05) is 12.4 Å². The van der Waals surface area contributed by atoms with Gasteiger partial charge in [-0.1, -0.05) is 19.9 Å². The van der Waals surface area contributed by atoms with Crippen LogP contribution < -0.4 is 5.32 Å². The van der Waals surface area contributed by atoms with Gasteiger partial charge in [-0.2, -0.15) is 0 Å². The van der Waals surface area contributed by atoms with Crippen molar-refractivity contribution >= 4 is 28.3 Å². The SMILES string of the molecule is CN1C(=O)C=C[C@@]2(C)C1CC[C@@H]1[C@H]2CC[C@]2(C)C(C(=O)Nc3nccs3)CC[C@@H]12. The summed E-state index contributed by atoms with van der Waals surface area (Å²) in [6.45, 7) is 4.74. The van der Waals surface area contributed by atoms with Gasteiger partial charge in [0.05, 0.1) is 0 Å². The van der Waals surface area contributed by atoms with E-state index in [4.69, 9.17) is 0 Å². The Balaban J connectivity index is 1.39. The second kappa shape index (κ2) is 6.66. The zero-order chi connectivity index (χ0) is 20.4. The number of carbonyl (C=O) groups is 2. The first-order valence-corrected chi connectivity index (χ1v) is 11.9. The Morgan fingerprint density at radius 1 is 1.21 bits per heavy atom. The standard InChI is InChI=1S/C23H31N3O2S/c1-22-10-8-16-14(4-7-18-23(16,2)11-9-19(27)26(18)3)15(22)5-6-17(22)20(28)25-21-24-12-13-29-21/h9,11-18H,4-8,10H2,1-3H3,(H,24,25,28)/t14-,15-,16+,17?,18?,22-,23+/m0/s1. The van der Waals surface area contributed by atoms with E-state index in [1.807, 2.05) is 17.3 Å². The van der Waals surface area contributed by atoms with E-state index in [9.17, 15) is 9.59 Å². The van der Waals surface area contributed by atoms with E-state index in [1.54, 1.807) is 12.3 Å². The maximum Gasteiger partial charge on any atom is 0.246 e. The third kappa shape index (κ3) is 2.74. The van der Waals surface area contributed by atoms with Gasteiger partial charge in [-0.15, -0.1) is 11.3 Å². The summed E-state index contributed by atoms with van der Waals surface area (Å²) in [5.74, 6) is 2.24. The number of likely N-dealkylation sites (N-methyl/N-ethyl adjacent to an activating group) is 1.